The first kappa shape index (κ1) is 9.15. The predicted octanol–water partition coefficient (Wildman–Crippen LogP) is -0.117. The van der Waals surface area contributed by atoms with E-state index in [9.17, 15) is 5.11 Å². The molecule has 0 spiro atoms. The zero-order valence-corrected chi connectivity index (χ0v) is 7.43. The lowest BCUT2D eigenvalue weighted by atomic mass is 10.2. The maximum absolute atomic E-state index is 9.63. The smallest absolute Gasteiger partial charge is 0.123 e. The van der Waals surface area contributed by atoms with Gasteiger partial charge in [0.15, 0.2) is 0 Å². The summed E-state index contributed by atoms with van der Waals surface area (Å²) in [5.74, 6) is 0. The van der Waals surface area contributed by atoms with Crippen LogP contribution in [0.3, 0.4) is 0 Å². The van der Waals surface area contributed by atoms with Gasteiger partial charge in [-0.15, -0.1) is 5.10 Å². The molecule has 12 heavy (non-hydrogen) atoms. The largest absolute Gasteiger partial charge is 0.384 e. The molecular formula is C7H13N3O2. The van der Waals surface area contributed by atoms with E-state index in [2.05, 4.69) is 10.3 Å². The van der Waals surface area contributed by atoms with E-state index in [-0.39, 0.29) is 6.10 Å². The molecule has 0 bridgehead atoms. The second-order valence-corrected chi connectivity index (χ2v) is 2.67. The molecule has 68 valence electrons. The monoisotopic (exact) mass is 171 g/mol. The number of aromatic nitrogens is 3. The van der Waals surface area contributed by atoms with Crippen molar-refractivity contribution >= 4 is 0 Å². The van der Waals surface area contributed by atoms with E-state index < -0.39 is 6.10 Å². The second-order valence-electron chi connectivity index (χ2n) is 2.67. The number of nitrogens with zero attached hydrogens (tertiary/aromatic N) is 3. The SMILES string of the molecule is COC(C)C(O)c1cnnn1C. The number of aliphatic hydroxyl groups is 1. The van der Waals surface area contributed by atoms with Crippen LogP contribution >= 0.6 is 0 Å². The van der Waals surface area contributed by atoms with Gasteiger partial charge in [0.25, 0.3) is 0 Å². The molecule has 0 fully saturated rings. The third-order valence-electron chi connectivity index (χ3n) is 1.87. The Morgan fingerprint density at radius 1 is 1.67 bits per heavy atom. The molecule has 0 aliphatic rings. The first-order chi connectivity index (χ1) is 5.66. The average molecular weight is 171 g/mol. The summed E-state index contributed by atoms with van der Waals surface area (Å²) in [5, 5.41) is 17.0. The van der Waals surface area contributed by atoms with E-state index in [4.69, 9.17) is 4.74 Å². The minimum absolute atomic E-state index is 0.248. The van der Waals surface area contributed by atoms with Crippen molar-refractivity contribution in [3.8, 4) is 0 Å². The number of methoxy groups -OCH3 is 1. The molecule has 2 atom stereocenters. The Bertz CT molecular complexity index is 249. The summed E-state index contributed by atoms with van der Waals surface area (Å²) in [6.07, 6.45) is 0.609. The van der Waals surface area contributed by atoms with E-state index in [0.717, 1.165) is 0 Å². The molecule has 5 nitrogen and oxygen atoms in total. The Hall–Kier alpha value is -0.940. The first-order valence-corrected chi connectivity index (χ1v) is 3.72. The molecule has 0 amide bonds. The van der Waals surface area contributed by atoms with Crippen molar-refractivity contribution in [1.82, 2.24) is 15.0 Å². The van der Waals surface area contributed by atoms with Crippen LogP contribution < -0.4 is 0 Å². The van der Waals surface area contributed by atoms with Crippen LogP contribution in [0.25, 0.3) is 0 Å². The maximum Gasteiger partial charge on any atom is 0.123 e. The lowest BCUT2D eigenvalue weighted by Gasteiger charge is -2.16. The van der Waals surface area contributed by atoms with Gasteiger partial charge in [-0.2, -0.15) is 0 Å². The van der Waals surface area contributed by atoms with Crippen LogP contribution in [0.1, 0.15) is 18.7 Å². The highest BCUT2D eigenvalue weighted by Crippen LogP contribution is 2.15. The Labute approximate surface area is 71.0 Å². The van der Waals surface area contributed by atoms with Gasteiger partial charge in [-0.25, -0.2) is 4.68 Å². The molecule has 1 aromatic heterocycles. The fraction of sp³-hybridized carbons (Fsp3) is 0.714. The van der Waals surface area contributed by atoms with Gasteiger partial charge in [0.05, 0.1) is 18.0 Å². The van der Waals surface area contributed by atoms with Crippen molar-refractivity contribution in [2.45, 2.75) is 19.1 Å². The fourth-order valence-electron chi connectivity index (χ4n) is 0.935. The second kappa shape index (κ2) is 3.64. The van der Waals surface area contributed by atoms with Crippen LogP contribution in [0.15, 0.2) is 6.20 Å². The number of aryl methyl sites for hydroxylation is 1. The van der Waals surface area contributed by atoms with E-state index in [1.807, 2.05) is 0 Å². The molecule has 0 aliphatic carbocycles. The minimum Gasteiger partial charge on any atom is -0.384 e. The summed E-state index contributed by atoms with van der Waals surface area (Å²) < 4.78 is 6.50. The van der Waals surface area contributed by atoms with Crippen molar-refractivity contribution < 1.29 is 9.84 Å². The van der Waals surface area contributed by atoms with Gasteiger partial charge in [0.2, 0.25) is 0 Å². The van der Waals surface area contributed by atoms with Crippen molar-refractivity contribution in [2.24, 2.45) is 7.05 Å². The normalized spacial score (nSPS) is 16.0. The predicted molar refractivity (Wildman–Crippen MR) is 42.4 cm³/mol. The lowest BCUT2D eigenvalue weighted by Crippen LogP contribution is -2.19. The number of hydrogen-bond donors (Lipinski definition) is 1. The Morgan fingerprint density at radius 3 is 2.75 bits per heavy atom. The van der Waals surface area contributed by atoms with Gasteiger partial charge < -0.3 is 9.84 Å². The van der Waals surface area contributed by atoms with Gasteiger partial charge in [-0.1, -0.05) is 5.21 Å². The van der Waals surface area contributed by atoms with Gasteiger partial charge in [-0.05, 0) is 6.92 Å². The molecule has 1 aromatic rings. The summed E-state index contributed by atoms with van der Waals surface area (Å²) in [5.41, 5.74) is 0.657. The summed E-state index contributed by atoms with van der Waals surface area (Å²) in [4.78, 5) is 0. The van der Waals surface area contributed by atoms with Crippen LogP contribution in [0.5, 0.6) is 0 Å². The highest BCUT2D eigenvalue weighted by Gasteiger charge is 2.18. The van der Waals surface area contributed by atoms with Gasteiger partial charge in [0, 0.05) is 14.2 Å². The highest BCUT2D eigenvalue weighted by atomic mass is 16.5. The Balaban J connectivity index is 2.77. The molecule has 0 radical (unpaired) electrons. The van der Waals surface area contributed by atoms with Crippen LogP contribution in [-0.4, -0.2) is 33.3 Å². The topological polar surface area (TPSA) is 60.2 Å². The zero-order chi connectivity index (χ0) is 9.14. The molecular weight excluding hydrogens is 158 g/mol. The molecule has 0 aliphatic heterocycles. The summed E-state index contributed by atoms with van der Waals surface area (Å²) in [7, 11) is 3.28. The summed E-state index contributed by atoms with van der Waals surface area (Å²) >= 11 is 0. The molecule has 5 heteroatoms. The summed E-state index contributed by atoms with van der Waals surface area (Å²) in [6.45, 7) is 1.79. The van der Waals surface area contributed by atoms with E-state index in [0.29, 0.717) is 5.69 Å². The molecule has 0 saturated carbocycles. The molecule has 2 unspecified atom stereocenters. The van der Waals surface area contributed by atoms with Crippen LogP contribution in [0.2, 0.25) is 0 Å². The van der Waals surface area contributed by atoms with Gasteiger partial charge in [-0.3, -0.25) is 0 Å². The van der Waals surface area contributed by atoms with E-state index in [1.54, 1.807) is 21.1 Å². The Morgan fingerprint density at radius 2 is 2.33 bits per heavy atom. The fourth-order valence-corrected chi connectivity index (χ4v) is 0.935. The average Bonchev–Trinajstić information content (AvgIpc) is 2.48. The summed E-state index contributed by atoms with van der Waals surface area (Å²) in [6, 6.07) is 0. The van der Waals surface area contributed by atoms with Crippen LogP contribution in [0.4, 0.5) is 0 Å². The van der Waals surface area contributed by atoms with E-state index >= 15 is 0 Å². The Kier molecular flexibility index (Phi) is 2.78. The third kappa shape index (κ3) is 1.62. The van der Waals surface area contributed by atoms with Gasteiger partial charge in [0.1, 0.15) is 6.10 Å². The standard InChI is InChI=1S/C7H13N3O2/c1-5(12-3)7(11)6-4-8-9-10(6)2/h4-5,7,11H,1-3H3. The van der Waals surface area contributed by atoms with Gasteiger partial charge >= 0.3 is 0 Å². The van der Waals surface area contributed by atoms with Crippen molar-refractivity contribution in [2.75, 3.05) is 7.11 Å². The number of hydrogen-bond acceptors (Lipinski definition) is 4. The van der Waals surface area contributed by atoms with Crippen LogP contribution in [0, 0.1) is 0 Å². The zero-order valence-electron chi connectivity index (χ0n) is 7.43. The first-order valence-electron chi connectivity index (χ1n) is 3.72. The maximum atomic E-state index is 9.63. The molecule has 0 saturated heterocycles. The highest BCUT2D eigenvalue weighted by molar-refractivity contribution is 5.00. The molecule has 1 rings (SSSR count). The van der Waals surface area contributed by atoms with Crippen molar-refractivity contribution in [3.05, 3.63) is 11.9 Å². The quantitative estimate of drug-likeness (QED) is 0.689. The molecule has 1 N–H and O–H groups in total. The number of ether oxygens (including phenoxy) is 1. The van der Waals surface area contributed by atoms with Crippen molar-refractivity contribution in [1.29, 1.82) is 0 Å². The lowest BCUT2D eigenvalue weighted by molar-refractivity contribution is -0.00543. The number of rotatable bonds is 3. The third-order valence-corrected chi connectivity index (χ3v) is 1.87. The van der Waals surface area contributed by atoms with Crippen molar-refractivity contribution in [3.63, 3.8) is 0 Å². The van der Waals surface area contributed by atoms with E-state index in [1.165, 1.54) is 10.9 Å². The molecule has 0 aromatic carbocycles. The van der Waals surface area contributed by atoms with Crippen LogP contribution in [-0.2, 0) is 11.8 Å². The minimum atomic E-state index is -0.671. The molecule has 1 heterocycles. The number of aliphatic hydroxyl groups excluding tert-OH is 1.